The first-order chi connectivity index (χ1) is 22.8. The summed E-state index contributed by atoms with van der Waals surface area (Å²) >= 11 is 8.55. The average molecular weight is 721 g/mol. The summed E-state index contributed by atoms with van der Waals surface area (Å²) in [4.78, 5) is 75.6. The topological polar surface area (TPSA) is 225 Å². The second-order valence-electron chi connectivity index (χ2n) is 11.9. The van der Waals surface area contributed by atoms with E-state index >= 15 is 0 Å². The Balaban J connectivity index is 1.16. The van der Waals surface area contributed by atoms with Gasteiger partial charge in [0, 0.05) is 23.1 Å². The summed E-state index contributed by atoms with van der Waals surface area (Å²) in [6, 6.07) is 1.38. The van der Waals surface area contributed by atoms with E-state index in [9.17, 15) is 39.3 Å². The number of piperazine rings is 1. The minimum absolute atomic E-state index is 0.0829. The van der Waals surface area contributed by atoms with E-state index in [1.54, 1.807) is 4.90 Å². The van der Waals surface area contributed by atoms with Crippen LogP contribution in [0.3, 0.4) is 0 Å². The number of β-lactam (4-membered cyclic amide) rings is 1. The number of phenolic OH excluding ortho intramolecular Hbond substituents is 2. The minimum Gasteiger partial charge on any atom is -0.504 e. The van der Waals surface area contributed by atoms with Gasteiger partial charge < -0.3 is 40.6 Å². The Hall–Kier alpha value is -4.39. The fourth-order valence-electron chi connectivity index (χ4n) is 6.56. The van der Waals surface area contributed by atoms with Crippen molar-refractivity contribution < 1.29 is 48.6 Å². The highest BCUT2D eigenvalue weighted by Gasteiger charge is 2.56. The molecule has 0 spiro atoms. The molecule has 6 rings (SSSR count). The number of hydrogen-bond donors (Lipinski definition) is 5. The molecule has 4 aliphatic heterocycles. The van der Waals surface area contributed by atoms with E-state index in [0.29, 0.717) is 61.2 Å². The van der Waals surface area contributed by atoms with Crippen molar-refractivity contribution >= 4 is 75.5 Å². The third kappa shape index (κ3) is 5.93. The zero-order valence-corrected chi connectivity index (χ0v) is 27.8. The number of thiazole rings is 1. The lowest BCUT2D eigenvalue weighted by Crippen LogP contribution is -2.71. The molecule has 48 heavy (non-hydrogen) atoms. The molecule has 3 fully saturated rings. The quantitative estimate of drug-likeness (QED) is 0.0568. The molecule has 19 heteroatoms. The largest absolute Gasteiger partial charge is 0.504 e. The maximum Gasteiger partial charge on any atom is 0.352 e. The van der Waals surface area contributed by atoms with Crippen LogP contribution < -0.4 is 11.1 Å². The zero-order valence-electron chi connectivity index (χ0n) is 25.4. The van der Waals surface area contributed by atoms with Crippen LogP contribution >= 0.6 is 34.7 Å². The molecule has 3 amide bonds. The first-order valence-corrected chi connectivity index (χ1v) is 17.1. The molecule has 5 heterocycles. The number of oxime groups is 1. The van der Waals surface area contributed by atoms with E-state index in [-0.39, 0.29) is 44.8 Å². The molecule has 1 aromatic heterocycles. The number of aromatic hydroxyl groups is 2. The summed E-state index contributed by atoms with van der Waals surface area (Å²) in [6.45, 7) is 3.96. The van der Waals surface area contributed by atoms with Crippen LogP contribution in [0.1, 0.15) is 29.4 Å². The number of anilines is 1. The smallest absolute Gasteiger partial charge is 0.352 e. The number of quaternary nitrogens is 1. The standard InChI is InChI=1S/C29H30ClN7O9S2/c1-13(10-38)46-34-20(17-12-48-29(31)32-17)24(41)33-21-26(43)36-22(28(44)45)14(11-47-27(21)36)8-37-6-4-15(9-37)35(5-7-37)25(42)16-2-3-18(39)23(40)19(16)30/h2-3,10,12-13,15,21,27H,4-9,11H2,1H3,(H5-,31,32,33,34,39,40,41,42,44,45)/p+1/t13-,15-,21+,27+,37-/m0/s1. The van der Waals surface area contributed by atoms with E-state index in [1.165, 1.54) is 41.1 Å². The van der Waals surface area contributed by atoms with Gasteiger partial charge in [-0.3, -0.25) is 24.1 Å². The number of thioether (sulfide) groups is 1. The summed E-state index contributed by atoms with van der Waals surface area (Å²) < 4.78 is 0.540. The predicted octanol–water partition coefficient (Wildman–Crippen LogP) is 0.582. The molecule has 4 aliphatic rings. The molecule has 254 valence electrons. The van der Waals surface area contributed by atoms with E-state index in [0.717, 1.165) is 11.3 Å². The molecule has 0 aliphatic carbocycles. The molecular weight excluding hydrogens is 690 g/mol. The van der Waals surface area contributed by atoms with Crippen LogP contribution in [0.25, 0.3) is 0 Å². The molecular formula is C29H31ClN7O9S2+. The monoisotopic (exact) mass is 720 g/mol. The predicted molar refractivity (Wildman–Crippen MR) is 173 cm³/mol. The Morgan fingerprint density at radius 2 is 2.08 bits per heavy atom. The lowest BCUT2D eigenvalue weighted by molar-refractivity contribution is -0.916. The molecule has 5 atom stereocenters. The Kier molecular flexibility index (Phi) is 9.01. The summed E-state index contributed by atoms with van der Waals surface area (Å²) in [7, 11) is 0. The van der Waals surface area contributed by atoms with Gasteiger partial charge >= 0.3 is 5.97 Å². The number of aldehydes is 1. The van der Waals surface area contributed by atoms with Crippen molar-refractivity contribution in [1.29, 1.82) is 0 Å². The van der Waals surface area contributed by atoms with Gasteiger partial charge in [0.05, 0.1) is 42.8 Å². The van der Waals surface area contributed by atoms with Gasteiger partial charge in [-0.05, 0) is 19.1 Å². The maximum absolute atomic E-state index is 13.4. The van der Waals surface area contributed by atoms with Gasteiger partial charge in [0.2, 0.25) is 0 Å². The molecule has 1 aromatic carbocycles. The van der Waals surface area contributed by atoms with Crippen LogP contribution in [-0.4, -0.2) is 132 Å². The van der Waals surface area contributed by atoms with Crippen molar-refractivity contribution in [3.63, 3.8) is 0 Å². The number of carboxylic acid groups (broad SMARTS) is 1. The number of nitrogens with two attached hydrogens (primary N) is 1. The van der Waals surface area contributed by atoms with Gasteiger partial charge in [0.1, 0.15) is 29.4 Å². The summed E-state index contributed by atoms with van der Waals surface area (Å²) in [5.41, 5.74) is 6.07. The number of aliphatic carboxylic acids is 1. The Bertz CT molecular complexity index is 1780. The Morgan fingerprint density at radius 3 is 2.77 bits per heavy atom. The normalized spacial score (nSPS) is 25.7. The molecule has 0 unspecified atom stereocenters. The number of amides is 3. The highest BCUT2D eigenvalue weighted by molar-refractivity contribution is 8.00. The van der Waals surface area contributed by atoms with Gasteiger partial charge in [-0.15, -0.1) is 23.1 Å². The van der Waals surface area contributed by atoms with Crippen LogP contribution in [0, 0.1) is 0 Å². The maximum atomic E-state index is 13.4. The van der Waals surface area contributed by atoms with Crippen molar-refractivity contribution in [2.75, 3.05) is 44.2 Å². The molecule has 0 saturated carbocycles. The van der Waals surface area contributed by atoms with E-state index in [4.69, 9.17) is 22.2 Å². The van der Waals surface area contributed by atoms with Gasteiger partial charge in [0.15, 0.2) is 34.7 Å². The average Bonchev–Trinajstić information content (AvgIpc) is 3.64. The van der Waals surface area contributed by atoms with Crippen LogP contribution in [0.2, 0.25) is 5.02 Å². The number of halogens is 1. The van der Waals surface area contributed by atoms with E-state index < -0.39 is 46.8 Å². The van der Waals surface area contributed by atoms with Gasteiger partial charge in [-0.2, -0.15) is 0 Å². The number of carbonyl (C=O) groups is 5. The fourth-order valence-corrected chi connectivity index (χ4v) is 8.68. The van der Waals surface area contributed by atoms with Crippen molar-refractivity contribution in [3.8, 4) is 11.5 Å². The molecule has 2 aromatic rings. The zero-order chi connectivity index (χ0) is 34.5. The molecule has 2 bridgehead atoms. The Labute approximate surface area is 286 Å². The van der Waals surface area contributed by atoms with Crippen LogP contribution in [0.4, 0.5) is 5.13 Å². The van der Waals surface area contributed by atoms with Gasteiger partial charge in [0.25, 0.3) is 17.7 Å². The molecule has 16 nitrogen and oxygen atoms in total. The van der Waals surface area contributed by atoms with Crippen molar-refractivity contribution in [3.05, 3.63) is 45.1 Å². The third-order valence-corrected chi connectivity index (χ3v) is 11.3. The molecule has 6 N–H and O–H groups in total. The second-order valence-corrected chi connectivity index (χ2v) is 14.3. The number of fused-ring (bicyclic) bond motifs is 3. The van der Waals surface area contributed by atoms with Crippen LogP contribution in [-0.2, 0) is 24.0 Å². The van der Waals surface area contributed by atoms with Gasteiger partial charge in [-0.25, -0.2) is 9.78 Å². The highest BCUT2D eigenvalue weighted by Crippen LogP contribution is 2.43. The van der Waals surface area contributed by atoms with E-state index in [1.807, 2.05) is 0 Å². The molecule has 0 radical (unpaired) electrons. The molecule has 3 saturated heterocycles. The fraction of sp³-hybridized carbons (Fsp3) is 0.414. The SMILES string of the molecule is C[C@@H](C=O)O/N=C(\C(=O)N[C@@H]1C(=O)N2C(C(=O)O)=C(C[N@@+]34CC[C@@H](C3)N(C(=O)c3ccc(O)c(O)c3Cl)CC4)CS[C@H]12)c1csc(N)n1. The lowest BCUT2D eigenvalue weighted by Gasteiger charge is -2.50. The number of nitrogens with zero attached hydrogens (tertiary/aromatic N) is 5. The van der Waals surface area contributed by atoms with E-state index in [2.05, 4.69) is 15.5 Å². The third-order valence-electron chi connectivity index (χ3n) is 8.92. The number of benzene rings is 1. The number of aromatic nitrogens is 1. The van der Waals surface area contributed by atoms with Crippen LogP contribution in [0.5, 0.6) is 11.5 Å². The van der Waals surface area contributed by atoms with Crippen molar-refractivity contribution in [2.24, 2.45) is 5.16 Å². The number of rotatable bonds is 10. The summed E-state index contributed by atoms with van der Waals surface area (Å²) in [6.07, 6.45) is 0.206. The summed E-state index contributed by atoms with van der Waals surface area (Å²) in [5, 5.41) is 37.1. The highest BCUT2D eigenvalue weighted by atomic mass is 35.5. The van der Waals surface area contributed by atoms with Crippen molar-refractivity contribution in [2.45, 2.75) is 36.9 Å². The lowest BCUT2D eigenvalue weighted by atomic mass is 10.0. The number of carbonyl (C=O) groups excluding carboxylic acids is 4. The number of nitrogen functional groups attached to an aromatic ring is 1. The first kappa shape index (κ1) is 33.5. The van der Waals surface area contributed by atoms with Gasteiger partial charge in [-0.1, -0.05) is 16.8 Å². The number of hydrogen-bond acceptors (Lipinski definition) is 13. The van der Waals surface area contributed by atoms with Crippen molar-refractivity contribution in [1.82, 2.24) is 20.1 Å². The number of phenols is 2. The number of nitrogens with one attached hydrogen (secondary N) is 1. The Morgan fingerprint density at radius 1 is 1.31 bits per heavy atom. The number of carboxylic acids is 1. The minimum atomic E-state index is -1.26. The first-order valence-electron chi connectivity index (χ1n) is 14.8. The van der Waals surface area contributed by atoms with Crippen LogP contribution in [0.15, 0.2) is 33.9 Å². The summed E-state index contributed by atoms with van der Waals surface area (Å²) in [5.74, 6) is -3.70. The second kappa shape index (κ2) is 12.9.